The van der Waals surface area contributed by atoms with Crippen LogP contribution in [0.15, 0.2) is 47.4 Å². The third-order valence-electron chi connectivity index (χ3n) is 3.26. The van der Waals surface area contributed by atoms with E-state index in [-0.39, 0.29) is 4.90 Å². The lowest BCUT2D eigenvalue weighted by Crippen LogP contribution is -2.08. The van der Waals surface area contributed by atoms with Crippen molar-refractivity contribution in [3.63, 3.8) is 0 Å². The maximum atomic E-state index is 11.5. The van der Waals surface area contributed by atoms with Gasteiger partial charge in [-0.15, -0.1) is 0 Å². The highest BCUT2D eigenvalue weighted by Crippen LogP contribution is 2.22. The van der Waals surface area contributed by atoms with Crippen LogP contribution in [-0.2, 0) is 16.3 Å². The highest BCUT2D eigenvalue weighted by molar-refractivity contribution is 7.90. The van der Waals surface area contributed by atoms with Gasteiger partial charge in [0.05, 0.1) is 16.3 Å². The minimum atomic E-state index is -3.22. The summed E-state index contributed by atoms with van der Waals surface area (Å²) < 4.78 is 22.9. The van der Waals surface area contributed by atoms with Gasteiger partial charge in [-0.3, -0.25) is 0 Å². The van der Waals surface area contributed by atoms with Gasteiger partial charge < -0.3 is 11.1 Å². The van der Waals surface area contributed by atoms with Crippen molar-refractivity contribution in [2.24, 2.45) is 0 Å². The molecule has 5 heteroatoms. The summed E-state index contributed by atoms with van der Waals surface area (Å²) >= 11 is 0. The van der Waals surface area contributed by atoms with E-state index in [0.29, 0.717) is 5.69 Å². The Morgan fingerprint density at radius 1 is 1.14 bits per heavy atom. The molecule has 2 rings (SSSR count). The molecule has 112 valence electrons. The molecule has 0 atom stereocenters. The number of nitrogens with two attached hydrogens (primary N) is 1. The van der Waals surface area contributed by atoms with Crippen molar-refractivity contribution >= 4 is 21.2 Å². The van der Waals surface area contributed by atoms with E-state index in [4.69, 9.17) is 5.73 Å². The molecule has 0 spiro atoms. The van der Waals surface area contributed by atoms with Gasteiger partial charge in [0.2, 0.25) is 0 Å². The average Bonchev–Trinajstić information content (AvgIpc) is 2.39. The third-order valence-corrected chi connectivity index (χ3v) is 4.37. The number of hydrogen-bond acceptors (Lipinski definition) is 4. The molecule has 0 aliphatic heterocycles. The molecule has 2 aromatic rings. The second-order valence-corrected chi connectivity index (χ2v) is 7.20. The second-order valence-electron chi connectivity index (χ2n) is 5.19. The molecule has 0 fully saturated rings. The maximum absolute atomic E-state index is 11.5. The minimum Gasteiger partial charge on any atom is -0.397 e. The van der Waals surface area contributed by atoms with E-state index in [2.05, 4.69) is 30.4 Å². The van der Waals surface area contributed by atoms with Crippen LogP contribution in [0, 0.1) is 6.92 Å². The van der Waals surface area contributed by atoms with Crippen molar-refractivity contribution in [2.75, 3.05) is 23.9 Å². The van der Waals surface area contributed by atoms with E-state index in [0.717, 1.165) is 18.7 Å². The number of anilines is 2. The molecule has 0 radical (unpaired) electrons. The van der Waals surface area contributed by atoms with Crippen LogP contribution in [0.1, 0.15) is 11.1 Å². The van der Waals surface area contributed by atoms with Crippen molar-refractivity contribution in [3.8, 4) is 0 Å². The van der Waals surface area contributed by atoms with Crippen molar-refractivity contribution < 1.29 is 8.42 Å². The Labute approximate surface area is 125 Å². The largest absolute Gasteiger partial charge is 0.397 e. The number of sulfone groups is 1. The molecule has 0 aliphatic carbocycles. The van der Waals surface area contributed by atoms with Gasteiger partial charge in [-0.2, -0.15) is 0 Å². The van der Waals surface area contributed by atoms with Crippen LogP contribution in [-0.4, -0.2) is 21.2 Å². The minimum absolute atomic E-state index is 0.240. The lowest BCUT2D eigenvalue weighted by atomic mass is 10.1. The molecule has 3 N–H and O–H groups in total. The van der Waals surface area contributed by atoms with Gasteiger partial charge in [-0.1, -0.05) is 29.8 Å². The monoisotopic (exact) mass is 304 g/mol. The highest BCUT2D eigenvalue weighted by atomic mass is 32.2. The van der Waals surface area contributed by atoms with E-state index in [1.54, 1.807) is 12.1 Å². The van der Waals surface area contributed by atoms with Crippen LogP contribution >= 0.6 is 0 Å². The standard InChI is InChI=1S/C16H20N2O2S/c1-12-4-3-5-13(10-12)8-9-18-16-7-6-14(11-15(16)17)21(2,19)20/h3-7,10-11,18H,8-9,17H2,1-2H3. The van der Waals surface area contributed by atoms with E-state index in [1.165, 1.54) is 23.4 Å². The van der Waals surface area contributed by atoms with Gasteiger partial charge in [0.15, 0.2) is 9.84 Å². The molecule has 0 amide bonds. The van der Waals surface area contributed by atoms with Crippen LogP contribution in [0.25, 0.3) is 0 Å². The second kappa shape index (κ2) is 6.18. The fourth-order valence-electron chi connectivity index (χ4n) is 2.14. The molecule has 0 unspecified atom stereocenters. The van der Waals surface area contributed by atoms with Gasteiger partial charge in [-0.25, -0.2) is 8.42 Å². The number of aryl methyl sites for hydroxylation is 1. The molecular weight excluding hydrogens is 284 g/mol. The summed E-state index contributed by atoms with van der Waals surface area (Å²) in [6.45, 7) is 2.81. The van der Waals surface area contributed by atoms with Crippen LogP contribution in [0.4, 0.5) is 11.4 Å². The Hall–Kier alpha value is -2.01. The van der Waals surface area contributed by atoms with Gasteiger partial charge in [0.1, 0.15) is 0 Å². The Morgan fingerprint density at radius 3 is 2.52 bits per heavy atom. The number of nitrogen functional groups attached to an aromatic ring is 1. The predicted octanol–water partition coefficient (Wildman–Crippen LogP) is 2.64. The van der Waals surface area contributed by atoms with Crippen LogP contribution in [0.3, 0.4) is 0 Å². The lowest BCUT2D eigenvalue weighted by molar-refractivity contribution is 0.602. The van der Waals surface area contributed by atoms with Crippen LogP contribution in [0.5, 0.6) is 0 Å². The summed E-state index contributed by atoms with van der Waals surface area (Å²) in [4.78, 5) is 0.240. The predicted molar refractivity (Wildman–Crippen MR) is 87.3 cm³/mol. The molecule has 4 nitrogen and oxygen atoms in total. The third kappa shape index (κ3) is 4.23. The Morgan fingerprint density at radius 2 is 1.90 bits per heavy atom. The van der Waals surface area contributed by atoms with E-state index in [9.17, 15) is 8.42 Å². The van der Waals surface area contributed by atoms with E-state index < -0.39 is 9.84 Å². The highest BCUT2D eigenvalue weighted by Gasteiger charge is 2.09. The summed E-state index contributed by atoms with van der Waals surface area (Å²) in [6.07, 6.45) is 2.06. The van der Waals surface area contributed by atoms with Crippen molar-refractivity contribution in [1.82, 2.24) is 0 Å². The Balaban J connectivity index is 2.01. The van der Waals surface area contributed by atoms with Gasteiger partial charge in [0, 0.05) is 12.8 Å². The van der Waals surface area contributed by atoms with Gasteiger partial charge in [0.25, 0.3) is 0 Å². The van der Waals surface area contributed by atoms with E-state index in [1.807, 2.05) is 6.07 Å². The number of hydrogen-bond donors (Lipinski definition) is 2. The first-order valence-electron chi connectivity index (χ1n) is 6.75. The fraction of sp³-hybridized carbons (Fsp3) is 0.250. The molecule has 0 aliphatic rings. The first-order chi connectivity index (χ1) is 9.86. The normalized spacial score (nSPS) is 11.3. The van der Waals surface area contributed by atoms with Crippen molar-refractivity contribution in [1.29, 1.82) is 0 Å². The smallest absolute Gasteiger partial charge is 0.175 e. The molecule has 0 heterocycles. The summed E-state index contributed by atoms with van der Waals surface area (Å²) in [5, 5.41) is 3.24. The molecular formula is C16H20N2O2S. The Bertz CT molecular complexity index is 740. The molecule has 0 saturated heterocycles. The number of benzene rings is 2. The summed E-state index contributed by atoms with van der Waals surface area (Å²) in [5.41, 5.74) is 9.60. The zero-order chi connectivity index (χ0) is 15.5. The molecule has 2 aromatic carbocycles. The first-order valence-corrected chi connectivity index (χ1v) is 8.64. The van der Waals surface area contributed by atoms with Crippen molar-refractivity contribution in [3.05, 3.63) is 53.6 Å². The molecule has 0 bridgehead atoms. The fourth-order valence-corrected chi connectivity index (χ4v) is 2.80. The number of rotatable bonds is 5. The van der Waals surface area contributed by atoms with Crippen molar-refractivity contribution in [2.45, 2.75) is 18.2 Å². The maximum Gasteiger partial charge on any atom is 0.175 e. The molecule has 0 aromatic heterocycles. The lowest BCUT2D eigenvalue weighted by Gasteiger charge is -2.11. The zero-order valence-electron chi connectivity index (χ0n) is 12.3. The summed E-state index contributed by atoms with van der Waals surface area (Å²) in [6, 6.07) is 13.1. The summed E-state index contributed by atoms with van der Waals surface area (Å²) in [7, 11) is -3.22. The summed E-state index contributed by atoms with van der Waals surface area (Å²) in [5.74, 6) is 0. The van der Waals surface area contributed by atoms with E-state index >= 15 is 0 Å². The van der Waals surface area contributed by atoms with Crippen LogP contribution in [0.2, 0.25) is 0 Å². The molecule has 21 heavy (non-hydrogen) atoms. The quantitative estimate of drug-likeness (QED) is 0.833. The van der Waals surface area contributed by atoms with Crippen LogP contribution < -0.4 is 11.1 Å². The SMILES string of the molecule is Cc1cccc(CCNc2ccc(S(C)(=O)=O)cc2N)c1. The molecule has 0 saturated carbocycles. The zero-order valence-corrected chi connectivity index (χ0v) is 13.1. The van der Waals surface area contributed by atoms with Gasteiger partial charge in [-0.05, 0) is 37.1 Å². The first kappa shape index (κ1) is 15.4. The Kier molecular flexibility index (Phi) is 4.53. The topological polar surface area (TPSA) is 72.2 Å². The van der Waals surface area contributed by atoms with Gasteiger partial charge >= 0.3 is 0 Å². The number of nitrogens with one attached hydrogen (secondary N) is 1. The average molecular weight is 304 g/mol.